The van der Waals surface area contributed by atoms with Gasteiger partial charge >= 0.3 is 0 Å². The predicted molar refractivity (Wildman–Crippen MR) is 63.6 cm³/mol. The second-order valence-corrected chi connectivity index (χ2v) is 3.34. The summed E-state index contributed by atoms with van der Waals surface area (Å²) in [6.07, 6.45) is 1.65. The summed E-state index contributed by atoms with van der Waals surface area (Å²) in [5, 5.41) is 9.51. The number of rotatable bonds is 2. The van der Waals surface area contributed by atoms with Crippen molar-refractivity contribution in [3.05, 3.63) is 60.7 Å². The molecular formula is C14H12O. The minimum absolute atomic E-state index is 0.268. The molecule has 15 heavy (non-hydrogen) atoms. The average molecular weight is 196 g/mol. The van der Waals surface area contributed by atoms with E-state index in [2.05, 4.69) is 6.58 Å². The van der Waals surface area contributed by atoms with Crippen LogP contribution in [-0.2, 0) is 0 Å². The van der Waals surface area contributed by atoms with Crippen LogP contribution in [0.15, 0.2) is 55.1 Å². The number of hydrogen-bond acceptors (Lipinski definition) is 1. The van der Waals surface area contributed by atoms with Crippen LogP contribution in [0.5, 0.6) is 5.75 Å². The molecule has 0 radical (unpaired) electrons. The Kier molecular flexibility index (Phi) is 2.55. The van der Waals surface area contributed by atoms with Crippen LogP contribution in [0.25, 0.3) is 17.2 Å². The predicted octanol–water partition coefficient (Wildman–Crippen LogP) is 3.70. The topological polar surface area (TPSA) is 20.2 Å². The van der Waals surface area contributed by atoms with E-state index in [9.17, 15) is 5.11 Å². The van der Waals surface area contributed by atoms with Crippen LogP contribution >= 0.6 is 0 Å². The Morgan fingerprint density at radius 2 is 1.67 bits per heavy atom. The molecule has 1 heteroatoms. The Morgan fingerprint density at radius 3 is 2.33 bits per heavy atom. The highest BCUT2D eigenvalue weighted by Gasteiger charge is 2.00. The summed E-state index contributed by atoms with van der Waals surface area (Å²) < 4.78 is 0. The maximum absolute atomic E-state index is 9.51. The molecule has 0 bridgehead atoms. The highest BCUT2D eigenvalue weighted by atomic mass is 16.3. The van der Waals surface area contributed by atoms with Crippen molar-refractivity contribution in [3.63, 3.8) is 0 Å². The second-order valence-electron chi connectivity index (χ2n) is 3.34. The molecule has 1 N–H and O–H groups in total. The van der Waals surface area contributed by atoms with Crippen molar-refractivity contribution in [3.8, 4) is 16.9 Å². The minimum atomic E-state index is 0.268. The number of hydrogen-bond donors (Lipinski definition) is 1. The van der Waals surface area contributed by atoms with Crippen molar-refractivity contribution < 1.29 is 5.11 Å². The van der Waals surface area contributed by atoms with Gasteiger partial charge in [-0.15, -0.1) is 0 Å². The SMILES string of the molecule is C=Cc1cc(-c2ccccc2)ccc1O. The summed E-state index contributed by atoms with van der Waals surface area (Å²) in [6, 6.07) is 15.6. The van der Waals surface area contributed by atoms with Gasteiger partial charge in [-0.25, -0.2) is 0 Å². The summed E-state index contributed by atoms with van der Waals surface area (Å²) in [5.74, 6) is 0.268. The van der Waals surface area contributed by atoms with E-state index in [1.165, 1.54) is 0 Å². The summed E-state index contributed by atoms with van der Waals surface area (Å²) in [5.41, 5.74) is 2.99. The molecule has 0 spiro atoms. The van der Waals surface area contributed by atoms with Crippen molar-refractivity contribution in [1.29, 1.82) is 0 Å². The molecule has 2 aromatic carbocycles. The van der Waals surface area contributed by atoms with Gasteiger partial charge in [-0.05, 0) is 23.3 Å². The van der Waals surface area contributed by atoms with E-state index in [1.807, 2.05) is 42.5 Å². The molecule has 0 aliphatic carbocycles. The van der Waals surface area contributed by atoms with Gasteiger partial charge in [0.05, 0.1) is 0 Å². The lowest BCUT2D eigenvalue weighted by atomic mass is 10.0. The lowest BCUT2D eigenvalue weighted by molar-refractivity contribution is 0.474. The van der Waals surface area contributed by atoms with Crippen LogP contribution in [0.3, 0.4) is 0 Å². The van der Waals surface area contributed by atoms with Crippen LogP contribution < -0.4 is 0 Å². The Morgan fingerprint density at radius 1 is 0.933 bits per heavy atom. The van der Waals surface area contributed by atoms with Gasteiger partial charge in [0.1, 0.15) is 5.75 Å². The van der Waals surface area contributed by atoms with Gasteiger partial charge in [-0.1, -0.05) is 49.1 Å². The fourth-order valence-corrected chi connectivity index (χ4v) is 1.53. The van der Waals surface area contributed by atoms with Crippen LogP contribution in [0, 0.1) is 0 Å². The Balaban J connectivity index is 2.51. The fourth-order valence-electron chi connectivity index (χ4n) is 1.53. The van der Waals surface area contributed by atoms with Crippen molar-refractivity contribution >= 4 is 6.08 Å². The van der Waals surface area contributed by atoms with Crippen molar-refractivity contribution in [2.75, 3.05) is 0 Å². The molecule has 2 rings (SSSR count). The molecule has 0 aliphatic rings. The van der Waals surface area contributed by atoms with Crippen LogP contribution in [0.1, 0.15) is 5.56 Å². The maximum Gasteiger partial charge on any atom is 0.122 e. The van der Waals surface area contributed by atoms with Crippen molar-refractivity contribution in [2.45, 2.75) is 0 Å². The van der Waals surface area contributed by atoms with Gasteiger partial charge in [-0.2, -0.15) is 0 Å². The number of benzene rings is 2. The van der Waals surface area contributed by atoms with Gasteiger partial charge in [0.15, 0.2) is 0 Å². The Labute approximate surface area is 89.3 Å². The van der Waals surface area contributed by atoms with Gasteiger partial charge in [0, 0.05) is 5.56 Å². The fraction of sp³-hybridized carbons (Fsp3) is 0. The van der Waals surface area contributed by atoms with E-state index in [0.717, 1.165) is 16.7 Å². The molecular weight excluding hydrogens is 184 g/mol. The zero-order valence-electron chi connectivity index (χ0n) is 8.35. The van der Waals surface area contributed by atoms with E-state index in [4.69, 9.17) is 0 Å². The second kappa shape index (κ2) is 4.01. The first-order valence-electron chi connectivity index (χ1n) is 4.82. The normalized spacial score (nSPS) is 9.87. The van der Waals surface area contributed by atoms with Crippen LogP contribution in [0.2, 0.25) is 0 Å². The van der Waals surface area contributed by atoms with E-state index in [1.54, 1.807) is 12.1 Å². The van der Waals surface area contributed by atoms with E-state index in [-0.39, 0.29) is 5.75 Å². The zero-order chi connectivity index (χ0) is 10.7. The van der Waals surface area contributed by atoms with Crippen LogP contribution in [0.4, 0.5) is 0 Å². The molecule has 2 aromatic rings. The quantitative estimate of drug-likeness (QED) is 0.776. The summed E-state index contributed by atoms with van der Waals surface area (Å²) in [4.78, 5) is 0. The molecule has 1 nitrogen and oxygen atoms in total. The summed E-state index contributed by atoms with van der Waals surface area (Å²) in [6.45, 7) is 3.67. The molecule has 0 unspecified atom stereocenters. The first-order valence-corrected chi connectivity index (χ1v) is 4.82. The molecule has 0 fully saturated rings. The largest absolute Gasteiger partial charge is 0.507 e. The van der Waals surface area contributed by atoms with E-state index < -0.39 is 0 Å². The minimum Gasteiger partial charge on any atom is -0.507 e. The van der Waals surface area contributed by atoms with Crippen molar-refractivity contribution in [1.82, 2.24) is 0 Å². The highest BCUT2D eigenvalue weighted by molar-refractivity contribution is 5.69. The van der Waals surface area contributed by atoms with Gasteiger partial charge in [0.2, 0.25) is 0 Å². The van der Waals surface area contributed by atoms with Crippen molar-refractivity contribution in [2.24, 2.45) is 0 Å². The first-order chi connectivity index (χ1) is 7.31. The van der Waals surface area contributed by atoms with E-state index in [0.29, 0.717) is 0 Å². The maximum atomic E-state index is 9.51. The molecule has 0 aliphatic heterocycles. The van der Waals surface area contributed by atoms with Gasteiger partial charge in [-0.3, -0.25) is 0 Å². The third kappa shape index (κ3) is 1.91. The lowest BCUT2D eigenvalue weighted by Gasteiger charge is -2.04. The molecule has 0 aromatic heterocycles. The lowest BCUT2D eigenvalue weighted by Crippen LogP contribution is -1.79. The zero-order valence-corrected chi connectivity index (χ0v) is 8.35. The Hall–Kier alpha value is -2.02. The Bertz CT molecular complexity index is 472. The monoisotopic (exact) mass is 196 g/mol. The van der Waals surface area contributed by atoms with Crippen LogP contribution in [-0.4, -0.2) is 5.11 Å². The summed E-state index contributed by atoms with van der Waals surface area (Å²) >= 11 is 0. The highest BCUT2D eigenvalue weighted by Crippen LogP contribution is 2.26. The molecule has 0 amide bonds. The molecule has 0 saturated carbocycles. The molecule has 0 saturated heterocycles. The average Bonchev–Trinajstić information content (AvgIpc) is 2.31. The molecule has 0 atom stereocenters. The third-order valence-electron chi connectivity index (χ3n) is 2.35. The number of phenolic OH excluding ortho intramolecular Hbond substituents is 1. The molecule has 0 heterocycles. The van der Waals surface area contributed by atoms with Gasteiger partial charge in [0.25, 0.3) is 0 Å². The summed E-state index contributed by atoms with van der Waals surface area (Å²) in [7, 11) is 0. The smallest absolute Gasteiger partial charge is 0.122 e. The third-order valence-corrected chi connectivity index (χ3v) is 2.35. The van der Waals surface area contributed by atoms with Gasteiger partial charge < -0.3 is 5.11 Å². The standard InChI is InChI=1S/C14H12O/c1-2-11-10-13(8-9-14(11)15)12-6-4-3-5-7-12/h2-10,15H,1H2. The molecule has 74 valence electrons. The van der Waals surface area contributed by atoms with E-state index >= 15 is 0 Å². The number of aromatic hydroxyl groups is 1. The first kappa shape index (κ1) is 9.53. The number of phenols is 1.